The third-order valence-electron chi connectivity index (χ3n) is 6.58. The maximum Gasteiger partial charge on any atom is 0.339 e. The topological polar surface area (TPSA) is 111 Å². The molecule has 1 atom stereocenters. The van der Waals surface area contributed by atoms with E-state index in [-0.39, 0.29) is 11.4 Å². The van der Waals surface area contributed by atoms with E-state index in [0.717, 1.165) is 28.8 Å². The number of nitrogens with one attached hydrogen (secondary N) is 1. The van der Waals surface area contributed by atoms with Crippen LogP contribution >= 0.6 is 0 Å². The number of para-hydroxylation sites is 3. The number of allylic oxidation sites excluding steroid dienone is 1. The van der Waals surface area contributed by atoms with Gasteiger partial charge >= 0.3 is 5.97 Å². The van der Waals surface area contributed by atoms with Crippen LogP contribution in [0.25, 0.3) is 22.6 Å². The van der Waals surface area contributed by atoms with Gasteiger partial charge in [0.1, 0.15) is 5.69 Å². The van der Waals surface area contributed by atoms with E-state index < -0.39 is 22.9 Å². The van der Waals surface area contributed by atoms with Crippen molar-refractivity contribution < 1.29 is 19.2 Å². The highest BCUT2D eigenvalue weighted by Crippen LogP contribution is 2.38. The van der Waals surface area contributed by atoms with Crippen molar-refractivity contribution >= 4 is 45.8 Å². The summed E-state index contributed by atoms with van der Waals surface area (Å²) in [6.45, 7) is 3.48. The maximum atomic E-state index is 13.5. The summed E-state index contributed by atoms with van der Waals surface area (Å²) in [6.07, 6.45) is 2.24. The summed E-state index contributed by atoms with van der Waals surface area (Å²) in [5.74, 6) is -1.30. The lowest BCUT2D eigenvalue weighted by Gasteiger charge is -2.16. The van der Waals surface area contributed by atoms with E-state index in [1.165, 1.54) is 30.7 Å². The van der Waals surface area contributed by atoms with Gasteiger partial charge in [0.15, 0.2) is 6.10 Å². The number of rotatable bonds is 6. The quantitative estimate of drug-likeness (QED) is 0.191. The minimum Gasteiger partial charge on any atom is -0.449 e. The van der Waals surface area contributed by atoms with E-state index in [9.17, 15) is 19.7 Å². The van der Waals surface area contributed by atoms with Crippen LogP contribution < -0.4 is 5.32 Å². The molecule has 8 heteroatoms. The van der Waals surface area contributed by atoms with Crippen molar-refractivity contribution in [2.24, 2.45) is 0 Å². The lowest BCUT2D eigenvalue weighted by atomic mass is 10.0. The zero-order valence-electron chi connectivity index (χ0n) is 20.9. The molecule has 1 aliphatic rings. The van der Waals surface area contributed by atoms with Gasteiger partial charge in [0.2, 0.25) is 0 Å². The number of benzene rings is 3. The molecule has 5 rings (SSSR count). The molecule has 1 heterocycles. The van der Waals surface area contributed by atoms with Crippen LogP contribution in [0.2, 0.25) is 0 Å². The number of pyridine rings is 1. The van der Waals surface area contributed by atoms with Crippen LogP contribution in [0.1, 0.15) is 46.1 Å². The van der Waals surface area contributed by atoms with Crippen LogP contribution in [0.5, 0.6) is 0 Å². The first-order chi connectivity index (χ1) is 18.3. The van der Waals surface area contributed by atoms with E-state index in [4.69, 9.17) is 9.72 Å². The Labute approximate surface area is 219 Å². The van der Waals surface area contributed by atoms with Crippen molar-refractivity contribution in [3.05, 3.63) is 111 Å². The number of hydrogen-bond donors (Lipinski definition) is 1. The average Bonchev–Trinajstić information content (AvgIpc) is 3.30. The molecule has 0 saturated heterocycles. The lowest BCUT2D eigenvalue weighted by molar-refractivity contribution is -0.383. The van der Waals surface area contributed by atoms with Crippen molar-refractivity contribution in [2.45, 2.75) is 32.8 Å². The molecule has 1 amide bonds. The number of nitro groups is 1. The van der Waals surface area contributed by atoms with Crippen LogP contribution in [0.15, 0.2) is 72.8 Å². The number of carbonyl (C=O) groups is 2. The van der Waals surface area contributed by atoms with Crippen molar-refractivity contribution in [1.82, 2.24) is 4.98 Å². The number of amides is 1. The highest BCUT2D eigenvalue weighted by molar-refractivity contribution is 6.08. The smallest absolute Gasteiger partial charge is 0.339 e. The average molecular weight is 508 g/mol. The fourth-order valence-electron chi connectivity index (χ4n) is 4.62. The minimum atomic E-state index is -1.19. The molecule has 0 spiro atoms. The zero-order valence-corrected chi connectivity index (χ0v) is 20.9. The Balaban J connectivity index is 1.45. The number of esters is 1. The minimum absolute atomic E-state index is 0.0338. The lowest BCUT2D eigenvalue weighted by Crippen LogP contribution is -2.30. The molecule has 0 radical (unpaired) electrons. The highest BCUT2D eigenvalue weighted by atomic mass is 16.6. The third kappa shape index (κ3) is 4.88. The molecule has 1 aliphatic carbocycles. The highest BCUT2D eigenvalue weighted by Gasteiger charge is 2.30. The van der Waals surface area contributed by atoms with Gasteiger partial charge in [-0.25, -0.2) is 9.78 Å². The summed E-state index contributed by atoms with van der Waals surface area (Å²) in [5.41, 5.74) is 5.65. The second-order valence-corrected chi connectivity index (χ2v) is 9.22. The van der Waals surface area contributed by atoms with Gasteiger partial charge < -0.3 is 10.1 Å². The van der Waals surface area contributed by atoms with Gasteiger partial charge in [-0.15, -0.1) is 0 Å². The van der Waals surface area contributed by atoms with Crippen LogP contribution in [-0.2, 0) is 16.0 Å². The van der Waals surface area contributed by atoms with Gasteiger partial charge in [-0.05, 0) is 61.6 Å². The number of anilines is 1. The normalized spacial score (nSPS) is 14.2. The summed E-state index contributed by atoms with van der Waals surface area (Å²) in [5, 5.41) is 14.4. The molecule has 0 bridgehead atoms. The zero-order chi connectivity index (χ0) is 26.8. The Bertz CT molecular complexity index is 1610. The maximum absolute atomic E-state index is 13.5. The molecule has 0 unspecified atom stereocenters. The van der Waals surface area contributed by atoms with E-state index >= 15 is 0 Å². The molecule has 38 heavy (non-hydrogen) atoms. The number of hydrogen-bond acceptors (Lipinski definition) is 6. The summed E-state index contributed by atoms with van der Waals surface area (Å²) in [4.78, 5) is 41.9. The monoisotopic (exact) mass is 507 g/mol. The van der Waals surface area contributed by atoms with Crippen LogP contribution in [-0.4, -0.2) is 27.9 Å². The number of aromatic nitrogens is 1. The van der Waals surface area contributed by atoms with Gasteiger partial charge in [-0.3, -0.25) is 14.9 Å². The first kappa shape index (κ1) is 24.8. The predicted octanol–water partition coefficient (Wildman–Crippen LogP) is 6.12. The summed E-state index contributed by atoms with van der Waals surface area (Å²) < 4.78 is 5.60. The number of carbonyl (C=O) groups excluding carboxylic acids is 2. The SMILES string of the molecule is Cc1ccc(/C=C2\CCc3c2nc2ccccc2c3C(=O)O[C@H](C)C(=O)Nc2ccccc2[N+](=O)[O-])cc1. The molecule has 1 aromatic heterocycles. The van der Waals surface area contributed by atoms with Crippen LogP contribution in [0.4, 0.5) is 11.4 Å². The Kier molecular flexibility index (Phi) is 6.70. The first-order valence-electron chi connectivity index (χ1n) is 12.3. The Morgan fingerprint density at radius 3 is 2.50 bits per heavy atom. The van der Waals surface area contributed by atoms with E-state index in [1.807, 2.05) is 43.3 Å². The van der Waals surface area contributed by atoms with Crippen molar-refractivity contribution in [1.29, 1.82) is 0 Å². The second-order valence-electron chi connectivity index (χ2n) is 9.22. The molecular weight excluding hydrogens is 482 g/mol. The summed E-state index contributed by atoms with van der Waals surface area (Å²) in [7, 11) is 0. The molecule has 3 aromatic carbocycles. The molecule has 0 saturated carbocycles. The van der Waals surface area contributed by atoms with E-state index in [2.05, 4.69) is 23.5 Å². The van der Waals surface area contributed by atoms with Gasteiger partial charge in [0, 0.05) is 11.5 Å². The van der Waals surface area contributed by atoms with Gasteiger partial charge in [-0.1, -0.05) is 60.2 Å². The summed E-state index contributed by atoms with van der Waals surface area (Å²) >= 11 is 0. The molecule has 0 fully saturated rings. The fraction of sp³-hybridized carbons (Fsp3) is 0.167. The first-order valence-corrected chi connectivity index (χ1v) is 12.3. The third-order valence-corrected chi connectivity index (χ3v) is 6.58. The Morgan fingerprint density at radius 1 is 1.03 bits per heavy atom. The number of aryl methyl sites for hydroxylation is 1. The van der Waals surface area contributed by atoms with Crippen LogP contribution in [0.3, 0.4) is 0 Å². The molecule has 8 nitrogen and oxygen atoms in total. The van der Waals surface area contributed by atoms with Crippen molar-refractivity contribution in [3.8, 4) is 0 Å². The van der Waals surface area contributed by atoms with Crippen LogP contribution in [0, 0.1) is 17.0 Å². The number of nitro benzene ring substituents is 1. The van der Waals surface area contributed by atoms with Gasteiger partial charge in [0.25, 0.3) is 11.6 Å². The number of fused-ring (bicyclic) bond motifs is 2. The van der Waals surface area contributed by atoms with Crippen molar-refractivity contribution in [2.75, 3.05) is 5.32 Å². The molecular formula is C30H25N3O5. The largest absolute Gasteiger partial charge is 0.449 e. The van der Waals surface area contributed by atoms with Gasteiger partial charge in [0.05, 0.1) is 21.7 Å². The number of ether oxygens (including phenoxy) is 1. The molecule has 4 aromatic rings. The van der Waals surface area contributed by atoms with Gasteiger partial charge in [-0.2, -0.15) is 0 Å². The predicted molar refractivity (Wildman–Crippen MR) is 146 cm³/mol. The fourth-order valence-corrected chi connectivity index (χ4v) is 4.62. The van der Waals surface area contributed by atoms with Crippen molar-refractivity contribution in [3.63, 3.8) is 0 Å². The molecule has 1 N–H and O–H groups in total. The standard InChI is InChI=1S/C30H25N3O5/c1-18-11-13-20(14-12-18)17-21-15-16-23-27(22-7-3-4-8-24(22)31-28(21)23)30(35)38-19(2)29(34)32-25-9-5-6-10-26(25)33(36)37/h3-14,17,19H,15-16H2,1-2H3,(H,32,34)/b21-17+/t19-/m1/s1. The Hall–Kier alpha value is -4.85. The van der Waals surface area contributed by atoms with E-state index in [0.29, 0.717) is 22.9 Å². The summed E-state index contributed by atoms with van der Waals surface area (Å²) in [6, 6.07) is 21.4. The molecule has 0 aliphatic heterocycles. The molecule has 190 valence electrons. The number of nitrogens with zero attached hydrogens (tertiary/aromatic N) is 2. The Morgan fingerprint density at radius 2 is 1.74 bits per heavy atom. The second kappa shape index (κ2) is 10.3. The van der Waals surface area contributed by atoms with E-state index in [1.54, 1.807) is 6.07 Å².